The van der Waals surface area contributed by atoms with Gasteiger partial charge in [-0.2, -0.15) is 11.8 Å². The molecular weight excluding hydrogens is 304 g/mol. The van der Waals surface area contributed by atoms with Crippen molar-refractivity contribution >= 4 is 28.6 Å². The zero-order valence-electron chi connectivity index (χ0n) is 14.4. The zero-order chi connectivity index (χ0) is 16.5. The number of para-hydroxylation sites is 1. The number of nitrogens with zero attached hydrogens (tertiary/aromatic N) is 1. The number of aliphatic imine (C=N–C) groups is 1. The molecule has 0 aliphatic heterocycles. The zero-order valence-corrected chi connectivity index (χ0v) is 15.2. The second-order valence-electron chi connectivity index (χ2n) is 5.69. The summed E-state index contributed by atoms with van der Waals surface area (Å²) in [7, 11) is 1.83. The van der Waals surface area contributed by atoms with Gasteiger partial charge >= 0.3 is 0 Å². The van der Waals surface area contributed by atoms with Crippen molar-refractivity contribution in [1.29, 1.82) is 0 Å². The van der Waals surface area contributed by atoms with E-state index in [4.69, 9.17) is 0 Å². The molecule has 1 aromatic carbocycles. The molecule has 1 heterocycles. The average molecular weight is 333 g/mol. The van der Waals surface area contributed by atoms with Gasteiger partial charge in [0.1, 0.15) is 0 Å². The lowest BCUT2D eigenvalue weighted by Gasteiger charge is -2.11. The van der Waals surface area contributed by atoms with Crippen LogP contribution < -0.4 is 10.6 Å². The number of guanidine groups is 1. The smallest absolute Gasteiger partial charge is 0.190 e. The number of aryl methyl sites for hydroxylation is 1. The summed E-state index contributed by atoms with van der Waals surface area (Å²) in [6.45, 7) is 4.00. The Morgan fingerprint density at radius 1 is 1.22 bits per heavy atom. The molecule has 0 saturated carbocycles. The molecule has 1 aromatic heterocycles. The molecule has 126 valence electrons. The maximum Gasteiger partial charge on any atom is 0.190 e. The van der Waals surface area contributed by atoms with E-state index in [0.717, 1.165) is 25.5 Å². The average Bonchev–Trinajstić information content (AvgIpc) is 2.97. The molecular formula is C18H28N4S. The van der Waals surface area contributed by atoms with Crippen LogP contribution in [0.15, 0.2) is 29.4 Å². The number of hydrogen-bond acceptors (Lipinski definition) is 2. The Balaban J connectivity index is 1.77. The Morgan fingerprint density at radius 2 is 2.04 bits per heavy atom. The largest absolute Gasteiger partial charge is 0.361 e. The van der Waals surface area contributed by atoms with Gasteiger partial charge in [-0.1, -0.05) is 18.2 Å². The topological polar surface area (TPSA) is 52.2 Å². The van der Waals surface area contributed by atoms with E-state index >= 15 is 0 Å². The third-order valence-corrected chi connectivity index (χ3v) is 4.68. The lowest BCUT2D eigenvalue weighted by Crippen LogP contribution is -2.38. The summed E-state index contributed by atoms with van der Waals surface area (Å²) in [5.74, 6) is 2.12. The van der Waals surface area contributed by atoms with E-state index in [-0.39, 0.29) is 0 Å². The van der Waals surface area contributed by atoms with Crippen LogP contribution in [0.1, 0.15) is 24.0 Å². The number of fused-ring (bicyclic) bond motifs is 1. The van der Waals surface area contributed by atoms with E-state index in [9.17, 15) is 0 Å². The van der Waals surface area contributed by atoms with E-state index in [1.54, 1.807) is 0 Å². The first-order valence-electron chi connectivity index (χ1n) is 8.25. The van der Waals surface area contributed by atoms with Crippen LogP contribution in [0, 0.1) is 6.92 Å². The standard InChI is InChI=1S/C18H28N4S/c1-14-7-6-8-16-15(13-22-17(14)16)9-11-21-18(19-2)20-10-4-5-12-23-3/h6-8,13,22H,4-5,9-12H2,1-3H3,(H2,19,20,21). The maximum absolute atomic E-state index is 4.28. The van der Waals surface area contributed by atoms with Gasteiger partial charge in [-0.05, 0) is 49.3 Å². The highest BCUT2D eigenvalue weighted by atomic mass is 32.2. The van der Waals surface area contributed by atoms with Crippen molar-refractivity contribution in [3.8, 4) is 0 Å². The van der Waals surface area contributed by atoms with Gasteiger partial charge < -0.3 is 15.6 Å². The Hall–Kier alpha value is -1.62. The molecule has 0 radical (unpaired) electrons. The van der Waals surface area contributed by atoms with Gasteiger partial charge in [-0.25, -0.2) is 0 Å². The molecule has 0 bridgehead atoms. The highest BCUT2D eigenvalue weighted by Crippen LogP contribution is 2.21. The predicted octanol–water partition coefficient (Wildman–Crippen LogP) is 3.33. The number of H-pyrrole nitrogens is 1. The Kier molecular flexibility index (Phi) is 7.33. The van der Waals surface area contributed by atoms with Crippen LogP contribution in [0.5, 0.6) is 0 Å². The van der Waals surface area contributed by atoms with Crippen molar-refractivity contribution in [1.82, 2.24) is 15.6 Å². The number of aromatic nitrogens is 1. The number of nitrogens with one attached hydrogen (secondary N) is 3. The number of benzene rings is 1. The SMILES string of the molecule is CN=C(NCCCCSC)NCCc1c[nH]c2c(C)cccc12. The lowest BCUT2D eigenvalue weighted by molar-refractivity contribution is 0.731. The summed E-state index contributed by atoms with van der Waals surface area (Å²) in [6.07, 6.45) is 7.69. The molecule has 3 N–H and O–H groups in total. The molecule has 0 unspecified atom stereocenters. The van der Waals surface area contributed by atoms with Crippen LogP contribution in [0.2, 0.25) is 0 Å². The van der Waals surface area contributed by atoms with Gasteiger partial charge in [-0.3, -0.25) is 4.99 Å². The third-order valence-electron chi connectivity index (χ3n) is 3.99. The highest BCUT2D eigenvalue weighted by Gasteiger charge is 2.05. The number of thioether (sulfide) groups is 1. The number of rotatable bonds is 8. The summed E-state index contributed by atoms with van der Waals surface area (Å²) in [4.78, 5) is 7.67. The van der Waals surface area contributed by atoms with Crippen LogP contribution in [-0.2, 0) is 6.42 Å². The number of aromatic amines is 1. The first kappa shape index (κ1) is 17.7. The van der Waals surface area contributed by atoms with Crippen LogP contribution in [0.25, 0.3) is 10.9 Å². The Morgan fingerprint density at radius 3 is 2.83 bits per heavy atom. The summed E-state index contributed by atoms with van der Waals surface area (Å²) in [6, 6.07) is 6.45. The van der Waals surface area contributed by atoms with Gasteiger partial charge in [-0.15, -0.1) is 0 Å². The minimum absolute atomic E-state index is 0.880. The van der Waals surface area contributed by atoms with Gasteiger partial charge in [0.05, 0.1) is 0 Å². The number of hydrogen-bond donors (Lipinski definition) is 3. The molecule has 0 amide bonds. The predicted molar refractivity (Wildman–Crippen MR) is 104 cm³/mol. The number of unbranched alkanes of at least 4 members (excludes halogenated alkanes) is 1. The fourth-order valence-corrected chi connectivity index (χ4v) is 3.18. The molecule has 0 fully saturated rings. The van der Waals surface area contributed by atoms with E-state index in [1.165, 1.54) is 40.6 Å². The molecule has 0 spiro atoms. The highest BCUT2D eigenvalue weighted by molar-refractivity contribution is 7.98. The second-order valence-corrected chi connectivity index (χ2v) is 6.67. The third kappa shape index (κ3) is 5.20. The van der Waals surface area contributed by atoms with Gasteiger partial charge in [0.15, 0.2) is 5.96 Å². The fourth-order valence-electron chi connectivity index (χ4n) is 2.69. The van der Waals surface area contributed by atoms with Gasteiger partial charge in [0.2, 0.25) is 0 Å². The van der Waals surface area contributed by atoms with Crippen molar-refractivity contribution in [3.05, 3.63) is 35.5 Å². The molecule has 0 aliphatic carbocycles. The maximum atomic E-state index is 4.28. The lowest BCUT2D eigenvalue weighted by atomic mass is 10.1. The van der Waals surface area contributed by atoms with Gasteiger partial charge in [0, 0.05) is 37.2 Å². The van der Waals surface area contributed by atoms with E-state index in [0.29, 0.717) is 0 Å². The fraction of sp³-hybridized carbons (Fsp3) is 0.500. The molecule has 2 rings (SSSR count). The second kappa shape index (κ2) is 9.50. The van der Waals surface area contributed by atoms with E-state index < -0.39 is 0 Å². The summed E-state index contributed by atoms with van der Waals surface area (Å²) in [5.41, 5.74) is 3.90. The van der Waals surface area contributed by atoms with Crippen LogP contribution in [0.4, 0.5) is 0 Å². The molecule has 0 atom stereocenters. The first-order valence-corrected chi connectivity index (χ1v) is 9.64. The van der Waals surface area contributed by atoms with Crippen molar-refractivity contribution < 1.29 is 0 Å². The van der Waals surface area contributed by atoms with Crippen molar-refractivity contribution in [2.45, 2.75) is 26.2 Å². The first-order chi connectivity index (χ1) is 11.3. The van der Waals surface area contributed by atoms with Crippen LogP contribution >= 0.6 is 11.8 Å². The molecule has 2 aromatic rings. The summed E-state index contributed by atoms with van der Waals surface area (Å²) < 4.78 is 0. The van der Waals surface area contributed by atoms with E-state index in [1.807, 2.05) is 18.8 Å². The van der Waals surface area contributed by atoms with E-state index in [2.05, 4.69) is 58.2 Å². The molecule has 23 heavy (non-hydrogen) atoms. The van der Waals surface area contributed by atoms with Crippen molar-refractivity contribution in [2.75, 3.05) is 32.1 Å². The van der Waals surface area contributed by atoms with Crippen LogP contribution in [-0.4, -0.2) is 43.1 Å². The molecule has 0 saturated heterocycles. The normalized spacial score (nSPS) is 11.9. The van der Waals surface area contributed by atoms with Gasteiger partial charge in [0.25, 0.3) is 0 Å². The minimum atomic E-state index is 0.880. The monoisotopic (exact) mass is 332 g/mol. The quantitative estimate of drug-likeness (QED) is 0.395. The Labute approximate surface area is 143 Å². The molecule has 5 heteroatoms. The van der Waals surface area contributed by atoms with Crippen molar-refractivity contribution in [3.63, 3.8) is 0 Å². The van der Waals surface area contributed by atoms with Crippen LogP contribution in [0.3, 0.4) is 0 Å². The molecule has 0 aliphatic rings. The Bertz CT molecular complexity index is 633. The summed E-state index contributed by atoms with van der Waals surface area (Å²) in [5, 5.41) is 8.10. The molecule has 4 nitrogen and oxygen atoms in total. The minimum Gasteiger partial charge on any atom is -0.361 e. The summed E-state index contributed by atoms with van der Waals surface area (Å²) >= 11 is 1.90. The van der Waals surface area contributed by atoms with Crippen molar-refractivity contribution in [2.24, 2.45) is 4.99 Å².